The highest BCUT2D eigenvalue weighted by atomic mass is 16.4. The normalized spacial score (nSPS) is 10.7. The molecule has 0 aliphatic heterocycles. The summed E-state index contributed by atoms with van der Waals surface area (Å²) in [6.07, 6.45) is 1.16. The molecule has 0 aliphatic rings. The molecule has 0 saturated heterocycles. The molecule has 0 saturated carbocycles. The molecule has 0 radical (unpaired) electrons. The number of carbonyl (C=O) groups excluding carboxylic acids is 1. The van der Waals surface area contributed by atoms with Gasteiger partial charge < -0.3 is 10.0 Å². The van der Waals surface area contributed by atoms with E-state index in [2.05, 4.69) is 10.3 Å². The molecule has 88 valence electrons. The van der Waals surface area contributed by atoms with Gasteiger partial charge in [-0.1, -0.05) is 5.21 Å². The topological polar surface area (TPSA) is 88.3 Å². The van der Waals surface area contributed by atoms with Crippen molar-refractivity contribution in [1.29, 1.82) is 0 Å². The van der Waals surface area contributed by atoms with Gasteiger partial charge in [0.15, 0.2) is 5.78 Å². The van der Waals surface area contributed by atoms with E-state index in [1.165, 1.54) is 4.68 Å². The molecule has 0 amide bonds. The number of carbonyl (C=O) groups is 2. The Morgan fingerprint density at radius 2 is 2.19 bits per heavy atom. The van der Waals surface area contributed by atoms with Gasteiger partial charge >= 0.3 is 5.97 Å². The molecule has 1 aromatic rings. The molecule has 1 aromatic heterocycles. The van der Waals surface area contributed by atoms with Crippen molar-refractivity contribution in [2.24, 2.45) is 0 Å². The summed E-state index contributed by atoms with van der Waals surface area (Å²) in [4.78, 5) is 23.4. The van der Waals surface area contributed by atoms with E-state index in [1.807, 2.05) is 19.0 Å². The maximum Gasteiger partial charge on any atom is 0.310 e. The molecular weight excluding hydrogens is 212 g/mol. The van der Waals surface area contributed by atoms with E-state index in [4.69, 9.17) is 5.11 Å². The van der Waals surface area contributed by atoms with E-state index in [-0.39, 0.29) is 6.54 Å². The minimum atomic E-state index is -1.13. The third-order valence-electron chi connectivity index (χ3n) is 1.75. The predicted molar refractivity (Wildman–Crippen MR) is 54.7 cm³/mol. The second-order valence-electron chi connectivity index (χ2n) is 3.75. The maximum absolute atomic E-state index is 11.2. The fraction of sp³-hybridized carbons (Fsp3) is 0.556. The van der Waals surface area contributed by atoms with Crippen molar-refractivity contribution in [3.05, 3.63) is 11.9 Å². The second-order valence-corrected chi connectivity index (χ2v) is 3.75. The summed E-state index contributed by atoms with van der Waals surface area (Å²) < 4.78 is 1.35. The van der Waals surface area contributed by atoms with E-state index in [1.54, 1.807) is 6.20 Å². The van der Waals surface area contributed by atoms with Crippen LogP contribution in [0, 0.1) is 0 Å². The Balaban J connectivity index is 2.51. The van der Waals surface area contributed by atoms with Gasteiger partial charge in [-0.05, 0) is 14.1 Å². The SMILES string of the molecule is CN(C)Cc1cn(CC(=O)CC(=O)O)nn1. The van der Waals surface area contributed by atoms with Gasteiger partial charge in [-0.3, -0.25) is 9.59 Å². The van der Waals surface area contributed by atoms with E-state index in [9.17, 15) is 9.59 Å². The molecule has 16 heavy (non-hydrogen) atoms. The number of Topliss-reactive ketones (excluding diaryl/α,β-unsaturated/α-hetero) is 1. The zero-order chi connectivity index (χ0) is 12.1. The third kappa shape index (κ3) is 4.18. The summed E-state index contributed by atoms with van der Waals surface area (Å²) >= 11 is 0. The van der Waals surface area contributed by atoms with Crippen LogP contribution in [0.2, 0.25) is 0 Å². The Morgan fingerprint density at radius 3 is 2.75 bits per heavy atom. The molecule has 0 bridgehead atoms. The molecule has 1 heterocycles. The molecule has 0 aliphatic carbocycles. The summed E-state index contributed by atoms with van der Waals surface area (Å²) in [6, 6.07) is 0. The molecule has 0 unspecified atom stereocenters. The standard InChI is InChI=1S/C9H14N4O3/c1-12(2)4-7-5-13(11-10-7)6-8(14)3-9(15)16/h5H,3-4,6H2,1-2H3,(H,15,16). The molecule has 0 spiro atoms. The van der Waals surface area contributed by atoms with Crippen molar-refractivity contribution in [3.8, 4) is 0 Å². The number of nitrogens with zero attached hydrogens (tertiary/aromatic N) is 4. The number of carboxylic acid groups (broad SMARTS) is 1. The minimum Gasteiger partial charge on any atom is -0.481 e. The second kappa shape index (κ2) is 5.36. The van der Waals surface area contributed by atoms with Gasteiger partial charge in [0, 0.05) is 6.54 Å². The lowest BCUT2D eigenvalue weighted by Crippen LogP contribution is -2.14. The summed E-state index contributed by atoms with van der Waals surface area (Å²) in [5, 5.41) is 16.0. The summed E-state index contributed by atoms with van der Waals surface area (Å²) in [5.41, 5.74) is 0.744. The van der Waals surface area contributed by atoms with Crippen LogP contribution in [0.4, 0.5) is 0 Å². The first-order valence-corrected chi connectivity index (χ1v) is 4.74. The lowest BCUT2D eigenvalue weighted by molar-refractivity contribution is -0.140. The number of aliphatic carboxylic acids is 1. The summed E-state index contributed by atoms with van der Waals surface area (Å²) in [6.45, 7) is 0.583. The van der Waals surface area contributed by atoms with Gasteiger partial charge in [0.2, 0.25) is 0 Å². The molecule has 0 atom stereocenters. The highest BCUT2D eigenvalue weighted by Crippen LogP contribution is 1.97. The Bertz CT molecular complexity index is 386. The smallest absolute Gasteiger partial charge is 0.310 e. The van der Waals surface area contributed by atoms with Crippen molar-refractivity contribution in [3.63, 3.8) is 0 Å². The van der Waals surface area contributed by atoms with E-state index < -0.39 is 18.2 Å². The lowest BCUT2D eigenvalue weighted by Gasteiger charge is -2.04. The monoisotopic (exact) mass is 226 g/mol. The van der Waals surface area contributed by atoms with Gasteiger partial charge in [0.05, 0.1) is 11.9 Å². The maximum atomic E-state index is 11.2. The molecule has 7 heteroatoms. The van der Waals surface area contributed by atoms with Gasteiger partial charge in [-0.25, -0.2) is 4.68 Å². The highest BCUT2D eigenvalue weighted by Gasteiger charge is 2.10. The van der Waals surface area contributed by atoms with Crippen LogP contribution in [0.1, 0.15) is 12.1 Å². The van der Waals surface area contributed by atoms with Crippen LogP contribution < -0.4 is 0 Å². The Hall–Kier alpha value is -1.76. The number of rotatable bonds is 6. The van der Waals surface area contributed by atoms with Crippen molar-refractivity contribution >= 4 is 11.8 Å². The van der Waals surface area contributed by atoms with Crippen molar-refractivity contribution in [2.75, 3.05) is 14.1 Å². The van der Waals surface area contributed by atoms with Gasteiger partial charge in [0.1, 0.15) is 13.0 Å². The average Bonchev–Trinajstić information content (AvgIpc) is 2.49. The van der Waals surface area contributed by atoms with Crippen molar-refractivity contribution in [2.45, 2.75) is 19.5 Å². The van der Waals surface area contributed by atoms with Crippen LogP contribution >= 0.6 is 0 Å². The van der Waals surface area contributed by atoms with Crippen LogP contribution in [0.3, 0.4) is 0 Å². The first kappa shape index (κ1) is 12.3. The quantitative estimate of drug-likeness (QED) is 0.650. The number of hydrogen-bond donors (Lipinski definition) is 1. The number of hydrogen-bond acceptors (Lipinski definition) is 5. The van der Waals surface area contributed by atoms with Crippen LogP contribution in [0.5, 0.6) is 0 Å². The molecule has 0 fully saturated rings. The van der Waals surface area contributed by atoms with Crippen LogP contribution in [0.25, 0.3) is 0 Å². The molecule has 1 N–H and O–H groups in total. The van der Waals surface area contributed by atoms with E-state index >= 15 is 0 Å². The first-order valence-electron chi connectivity index (χ1n) is 4.74. The fourth-order valence-corrected chi connectivity index (χ4v) is 1.22. The van der Waals surface area contributed by atoms with Crippen LogP contribution in [-0.4, -0.2) is 50.8 Å². The molecule has 1 rings (SSSR count). The zero-order valence-electron chi connectivity index (χ0n) is 9.25. The predicted octanol–water partition coefficient (Wildman–Crippen LogP) is -0.616. The Kier molecular flexibility index (Phi) is 4.12. The summed E-state index contributed by atoms with van der Waals surface area (Å²) in [5.74, 6) is -1.52. The van der Waals surface area contributed by atoms with Gasteiger partial charge in [0.25, 0.3) is 0 Å². The van der Waals surface area contributed by atoms with E-state index in [0.717, 1.165) is 5.69 Å². The third-order valence-corrected chi connectivity index (χ3v) is 1.75. The Labute approximate surface area is 92.7 Å². The van der Waals surface area contributed by atoms with Crippen molar-refractivity contribution < 1.29 is 14.7 Å². The largest absolute Gasteiger partial charge is 0.481 e. The molecule has 0 aromatic carbocycles. The molecular formula is C9H14N4O3. The first-order chi connectivity index (χ1) is 7.47. The zero-order valence-corrected chi connectivity index (χ0v) is 9.25. The van der Waals surface area contributed by atoms with Gasteiger partial charge in [-0.15, -0.1) is 5.10 Å². The number of ketones is 1. The highest BCUT2D eigenvalue weighted by molar-refractivity contribution is 5.94. The van der Waals surface area contributed by atoms with Gasteiger partial charge in [-0.2, -0.15) is 0 Å². The fourth-order valence-electron chi connectivity index (χ4n) is 1.22. The van der Waals surface area contributed by atoms with E-state index in [0.29, 0.717) is 6.54 Å². The Morgan fingerprint density at radius 1 is 1.50 bits per heavy atom. The number of carboxylic acids is 1. The summed E-state index contributed by atoms with van der Waals surface area (Å²) in [7, 11) is 3.79. The van der Waals surface area contributed by atoms with Crippen LogP contribution in [-0.2, 0) is 22.7 Å². The minimum absolute atomic E-state index is 0.0489. The average molecular weight is 226 g/mol. The van der Waals surface area contributed by atoms with Crippen LogP contribution in [0.15, 0.2) is 6.20 Å². The molecule has 7 nitrogen and oxygen atoms in total. The number of aromatic nitrogens is 3. The lowest BCUT2D eigenvalue weighted by atomic mass is 10.3. The van der Waals surface area contributed by atoms with Crippen molar-refractivity contribution in [1.82, 2.24) is 19.9 Å².